The molecule has 4 N–H and O–H groups in total. The van der Waals surface area contributed by atoms with E-state index in [0.717, 1.165) is 11.1 Å². The molecule has 1 fully saturated rings. The number of carboxylic acid groups (broad SMARTS) is 1. The lowest BCUT2D eigenvalue weighted by molar-refractivity contribution is -0.137. The monoisotopic (exact) mass is 438 g/mol. The minimum Gasteiger partial charge on any atom is -0.481 e. The number of rotatable bonds is 8. The summed E-state index contributed by atoms with van der Waals surface area (Å²) in [4.78, 5) is 37.8. The fraction of sp³-hybridized carbons (Fsp3) is 0.304. The Morgan fingerprint density at radius 3 is 2.56 bits per heavy atom. The quantitative estimate of drug-likeness (QED) is 0.329. The van der Waals surface area contributed by atoms with E-state index in [-0.39, 0.29) is 24.8 Å². The number of hydrogen-bond donors (Lipinski definition) is 3. The zero-order chi connectivity index (χ0) is 23.1. The highest BCUT2D eigenvalue weighted by Gasteiger charge is 2.35. The van der Waals surface area contributed by atoms with Gasteiger partial charge in [0.2, 0.25) is 5.91 Å². The Morgan fingerprint density at radius 2 is 1.94 bits per heavy atom. The number of benzene rings is 2. The average molecular weight is 438 g/mol. The molecule has 9 nitrogen and oxygen atoms in total. The summed E-state index contributed by atoms with van der Waals surface area (Å²) in [5, 5.41) is 15.5. The highest BCUT2D eigenvalue weighted by molar-refractivity contribution is 5.80. The Kier molecular flexibility index (Phi) is 7.43. The number of amides is 2. The molecular weight excluding hydrogens is 412 g/mol. The van der Waals surface area contributed by atoms with Crippen molar-refractivity contribution in [2.45, 2.75) is 37.5 Å². The molecule has 1 heterocycles. The van der Waals surface area contributed by atoms with Crippen molar-refractivity contribution in [3.05, 3.63) is 71.3 Å². The van der Waals surface area contributed by atoms with Gasteiger partial charge >= 0.3 is 12.1 Å². The molecule has 3 atom stereocenters. The molecule has 2 aromatic rings. The van der Waals surface area contributed by atoms with Gasteiger partial charge in [0.05, 0.1) is 31.1 Å². The number of nitrogens with zero attached hydrogens (tertiary/aromatic N) is 2. The number of hydrazone groups is 1. The average Bonchev–Trinajstić information content (AvgIpc) is 2.77. The Bertz CT molecular complexity index is 978. The number of aliphatic carboxylic acids is 1. The van der Waals surface area contributed by atoms with E-state index in [2.05, 4.69) is 10.4 Å². The molecule has 0 bridgehead atoms. The van der Waals surface area contributed by atoms with Crippen molar-refractivity contribution in [2.75, 3.05) is 7.05 Å². The van der Waals surface area contributed by atoms with Crippen molar-refractivity contribution in [2.24, 2.45) is 10.9 Å². The summed E-state index contributed by atoms with van der Waals surface area (Å²) in [7, 11) is 1.65. The molecule has 32 heavy (non-hydrogen) atoms. The maximum atomic E-state index is 12.7. The third kappa shape index (κ3) is 5.84. The Labute approximate surface area is 185 Å². The molecular formula is C23H26N4O5. The number of hydrogen-bond acceptors (Lipinski definition) is 6. The summed E-state index contributed by atoms with van der Waals surface area (Å²) in [6.07, 6.45) is 0.499. The third-order valence-electron chi connectivity index (χ3n) is 5.38. The molecule has 0 spiro atoms. The summed E-state index contributed by atoms with van der Waals surface area (Å²) in [6.45, 7) is 0. The number of nitrogens with one attached hydrogen (secondary N) is 1. The number of nitrogens with two attached hydrogens (primary N) is 1. The summed E-state index contributed by atoms with van der Waals surface area (Å²) in [6, 6.07) is 15.4. The minimum absolute atomic E-state index is 0.0586. The molecule has 0 radical (unpaired) electrons. The standard InChI is InChI=1S/C23H26N4O5/c1-27-20(17-9-7-15(8-10-17)14-25-24)11-18(32-23(27)31)12-21(28)26-19(13-22(29)30)16-5-3-2-4-6-16/h2-10,14,18-20H,11-13,24H2,1H3,(H,26,28)(H,29,30)/t18-,19-,20+/m1/s1. The molecule has 3 rings (SSSR count). The lowest BCUT2D eigenvalue weighted by Crippen LogP contribution is -2.44. The van der Waals surface area contributed by atoms with Crippen LogP contribution in [0.3, 0.4) is 0 Å². The van der Waals surface area contributed by atoms with Crippen LogP contribution in [0.2, 0.25) is 0 Å². The molecule has 1 aliphatic heterocycles. The lowest BCUT2D eigenvalue weighted by Gasteiger charge is -2.37. The largest absolute Gasteiger partial charge is 0.481 e. The van der Waals surface area contributed by atoms with E-state index in [4.69, 9.17) is 10.6 Å². The first-order valence-corrected chi connectivity index (χ1v) is 10.2. The van der Waals surface area contributed by atoms with E-state index in [1.165, 1.54) is 11.1 Å². The topological polar surface area (TPSA) is 134 Å². The van der Waals surface area contributed by atoms with Crippen molar-refractivity contribution in [3.8, 4) is 0 Å². The van der Waals surface area contributed by atoms with Gasteiger partial charge < -0.3 is 25.9 Å². The zero-order valence-electron chi connectivity index (χ0n) is 17.7. The molecule has 2 aromatic carbocycles. The predicted octanol–water partition coefficient (Wildman–Crippen LogP) is 2.58. The van der Waals surface area contributed by atoms with E-state index >= 15 is 0 Å². The minimum atomic E-state index is -1.02. The second-order valence-electron chi connectivity index (χ2n) is 7.65. The van der Waals surface area contributed by atoms with Gasteiger partial charge in [0.25, 0.3) is 0 Å². The fourth-order valence-electron chi connectivity index (χ4n) is 3.76. The summed E-state index contributed by atoms with van der Waals surface area (Å²) in [5.41, 5.74) is 2.43. The smallest absolute Gasteiger partial charge is 0.410 e. The first-order chi connectivity index (χ1) is 15.4. The van der Waals surface area contributed by atoms with Crippen LogP contribution in [0.1, 0.15) is 48.0 Å². The van der Waals surface area contributed by atoms with E-state index in [0.29, 0.717) is 12.0 Å². The van der Waals surface area contributed by atoms with Gasteiger partial charge in [-0.2, -0.15) is 5.10 Å². The molecule has 0 saturated carbocycles. The van der Waals surface area contributed by atoms with Crippen LogP contribution in [0.25, 0.3) is 0 Å². The van der Waals surface area contributed by atoms with Gasteiger partial charge in [-0.05, 0) is 16.7 Å². The SMILES string of the molecule is CN1C(=O)O[C@@H](CC(=O)N[C@H](CC(=O)O)c2ccccc2)C[C@H]1c1ccc(C=NN)cc1. The number of carbonyl (C=O) groups is 3. The van der Waals surface area contributed by atoms with Gasteiger partial charge in [0.1, 0.15) is 6.10 Å². The summed E-state index contributed by atoms with van der Waals surface area (Å²) < 4.78 is 5.42. The van der Waals surface area contributed by atoms with Gasteiger partial charge in [-0.25, -0.2) is 4.79 Å². The fourth-order valence-corrected chi connectivity index (χ4v) is 3.76. The maximum Gasteiger partial charge on any atom is 0.410 e. The van der Waals surface area contributed by atoms with Crippen molar-refractivity contribution >= 4 is 24.2 Å². The molecule has 0 aliphatic carbocycles. The molecule has 168 valence electrons. The van der Waals surface area contributed by atoms with Crippen molar-refractivity contribution in [1.29, 1.82) is 0 Å². The Hall–Kier alpha value is -3.88. The Balaban J connectivity index is 1.68. The van der Waals surface area contributed by atoms with Gasteiger partial charge in [-0.15, -0.1) is 0 Å². The van der Waals surface area contributed by atoms with Crippen LogP contribution in [0.15, 0.2) is 59.7 Å². The third-order valence-corrected chi connectivity index (χ3v) is 5.38. The van der Waals surface area contributed by atoms with E-state index in [9.17, 15) is 19.5 Å². The molecule has 2 amide bonds. The zero-order valence-corrected chi connectivity index (χ0v) is 17.7. The van der Waals surface area contributed by atoms with Crippen LogP contribution in [0.4, 0.5) is 4.79 Å². The van der Waals surface area contributed by atoms with Gasteiger partial charge in [0.15, 0.2) is 0 Å². The number of carbonyl (C=O) groups excluding carboxylic acids is 2. The lowest BCUT2D eigenvalue weighted by atomic mass is 9.95. The van der Waals surface area contributed by atoms with Crippen LogP contribution in [-0.2, 0) is 14.3 Å². The van der Waals surface area contributed by atoms with Crippen molar-refractivity contribution in [3.63, 3.8) is 0 Å². The number of carboxylic acids is 1. The van der Waals surface area contributed by atoms with E-state index in [1.807, 2.05) is 30.3 Å². The summed E-state index contributed by atoms with van der Waals surface area (Å²) >= 11 is 0. The first kappa shape index (κ1) is 22.8. The molecule has 0 aromatic heterocycles. The highest BCUT2D eigenvalue weighted by atomic mass is 16.6. The second-order valence-corrected chi connectivity index (χ2v) is 7.65. The first-order valence-electron chi connectivity index (χ1n) is 10.2. The molecule has 1 aliphatic rings. The van der Waals surface area contributed by atoms with Crippen LogP contribution in [-0.4, -0.2) is 47.3 Å². The predicted molar refractivity (Wildman–Crippen MR) is 118 cm³/mol. The van der Waals surface area contributed by atoms with Gasteiger partial charge in [-0.1, -0.05) is 54.6 Å². The maximum absolute atomic E-state index is 12.7. The van der Waals surface area contributed by atoms with E-state index < -0.39 is 24.2 Å². The van der Waals surface area contributed by atoms with Crippen LogP contribution in [0.5, 0.6) is 0 Å². The number of ether oxygens (including phenoxy) is 1. The Morgan fingerprint density at radius 1 is 1.25 bits per heavy atom. The number of cyclic esters (lactones) is 1. The van der Waals surface area contributed by atoms with Crippen LogP contribution >= 0.6 is 0 Å². The molecule has 9 heteroatoms. The van der Waals surface area contributed by atoms with Gasteiger partial charge in [-0.3, -0.25) is 9.59 Å². The van der Waals surface area contributed by atoms with Crippen molar-refractivity contribution < 1.29 is 24.2 Å². The molecule has 0 unspecified atom stereocenters. The normalized spacial score (nSPS) is 19.4. The summed E-state index contributed by atoms with van der Waals surface area (Å²) in [5.74, 6) is 3.77. The van der Waals surface area contributed by atoms with E-state index in [1.54, 1.807) is 31.3 Å². The van der Waals surface area contributed by atoms with Crippen LogP contribution in [0, 0.1) is 0 Å². The van der Waals surface area contributed by atoms with Gasteiger partial charge in [0, 0.05) is 13.5 Å². The molecule has 1 saturated heterocycles. The van der Waals surface area contributed by atoms with Crippen LogP contribution < -0.4 is 11.2 Å². The second kappa shape index (κ2) is 10.4. The van der Waals surface area contributed by atoms with Crippen molar-refractivity contribution in [1.82, 2.24) is 10.2 Å². The highest BCUT2D eigenvalue weighted by Crippen LogP contribution is 2.32.